The zero-order chi connectivity index (χ0) is 25.2. The van der Waals surface area contributed by atoms with Gasteiger partial charge in [0.2, 0.25) is 0 Å². The van der Waals surface area contributed by atoms with Crippen molar-refractivity contribution < 1.29 is 19.1 Å². The number of amides is 2. The van der Waals surface area contributed by atoms with Crippen LogP contribution < -0.4 is 10.6 Å². The van der Waals surface area contributed by atoms with Gasteiger partial charge in [-0.3, -0.25) is 9.59 Å². The second-order valence-electron chi connectivity index (χ2n) is 9.14. The van der Waals surface area contributed by atoms with Gasteiger partial charge in [-0.05, 0) is 69.3 Å². The molecule has 0 radical (unpaired) electrons. The lowest BCUT2D eigenvalue weighted by atomic mass is 9.95. The summed E-state index contributed by atoms with van der Waals surface area (Å²) in [6.07, 6.45) is 8.59. The molecule has 0 saturated heterocycles. The van der Waals surface area contributed by atoms with Gasteiger partial charge < -0.3 is 24.8 Å². The van der Waals surface area contributed by atoms with Crippen molar-refractivity contribution in [1.82, 2.24) is 14.8 Å². The fourth-order valence-corrected chi connectivity index (χ4v) is 7.61. The molecule has 0 aromatic carbocycles. The van der Waals surface area contributed by atoms with Crippen molar-refractivity contribution in [2.75, 3.05) is 25.5 Å². The lowest BCUT2D eigenvalue weighted by Gasteiger charge is -2.22. The van der Waals surface area contributed by atoms with Crippen LogP contribution in [0.5, 0.6) is 0 Å². The molecule has 0 spiro atoms. The number of rotatable bonds is 6. The van der Waals surface area contributed by atoms with Gasteiger partial charge in [0, 0.05) is 47.3 Å². The topological polar surface area (TPSA) is 92.7 Å². The van der Waals surface area contributed by atoms with E-state index in [0.717, 1.165) is 66.2 Å². The van der Waals surface area contributed by atoms with Crippen molar-refractivity contribution in [3.8, 4) is 5.00 Å². The molecule has 5 rings (SSSR count). The molecule has 4 heterocycles. The number of aromatic nitrogens is 1. The van der Waals surface area contributed by atoms with E-state index in [1.807, 2.05) is 24.5 Å². The Morgan fingerprint density at radius 1 is 1.00 bits per heavy atom. The second kappa shape index (κ2) is 10.6. The molecule has 2 aliphatic rings. The Morgan fingerprint density at radius 2 is 1.78 bits per heavy atom. The average molecular weight is 527 g/mol. The molecular formula is C26H30N4O4S2. The van der Waals surface area contributed by atoms with Gasteiger partial charge in [0.1, 0.15) is 10.0 Å². The van der Waals surface area contributed by atoms with Crippen LogP contribution in [0.3, 0.4) is 0 Å². The largest absolute Gasteiger partial charge is 0.462 e. The summed E-state index contributed by atoms with van der Waals surface area (Å²) in [6, 6.07) is 3.95. The van der Waals surface area contributed by atoms with Crippen LogP contribution in [0.25, 0.3) is 5.00 Å². The summed E-state index contributed by atoms with van der Waals surface area (Å²) in [5.41, 5.74) is 3.67. The Hall–Kier alpha value is -2.95. The highest BCUT2D eigenvalue weighted by atomic mass is 32.1. The number of ether oxygens (including phenoxy) is 1. The Bertz CT molecular complexity index is 1290. The molecule has 0 fully saturated rings. The van der Waals surface area contributed by atoms with Crippen LogP contribution in [0.1, 0.15) is 56.6 Å². The summed E-state index contributed by atoms with van der Waals surface area (Å²) >= 11 is 3.11. The molecule has 1 aliphatic heterocycles. The zero-order valence-corrected chi connectivity index (χ0v) is 22.2. The van der Waals surface area contributed by atoms with E-state index >= 15 is 0 Å². The molecule has 3 aromatic heterocycles. The highest BCUT2D eigenvalue weighted by molar-refractivity contribution is 7.17. The third-order valence-corrected chi connectivity index (χ3v) is 9.16. The third kappa shape index (κ3) is 4.85. The Kier molecular flexibility index (Phi) is 7.27. The van der Waals surface area contributed by atoms with Crippen LogP contribution in [0, 0.1) is 0 Å². The van der Waals surface area contributed by atoms with Gasteiger partial charge in [-0.15, -0.1) is 22.7 Å². The number of aryl methyl sites for hydroxylation is 1. The molecule has 0 unspecified atom stereocenters. The quantitative estimate of drug-likeness (QED) is 0.376. The average Bonchev–Trinajstić information content (AvgIpc) is 3.59. The smallest absolute Gasteiger partial charge is 0.341 e. The lowest BCUT2D eigenvalue weighted by molar-refractivity contribution is -0.136. The van der Waals surface area contributed by atoms with E-state index < -0.39 is 17.8 Å². The van der Waals surface area contributed by atoms with E-state index in [4.69, 9.17) is 4.74 Å². The zero-order valence-electron chi connectivity index (χ0n) is 20.5. The van der Waals surface area contributed by atoms with Gasteiger partial charge in [-0.1, -0.05) is 0 Å². The van der Waals surface area contributed by atoms with Crippen molar-refractivity contribution in [3.05, 3.63) is 56.5 Å². The standard InChI is InChI=1S/C26H30N4O4S2/c1-3-34-26(33)21-17-8-4-5-9-19(17)35-24(21)28-23(32)22(31)27-14-18-16-10-13-29(2)15-20(16)36-25(18)30-11-6-7-12-30/h6-7,11-12H,3-5,8-10,13-15H2,1-2H3,(H,27,31)(H,28,32). The molecule has 36 heavy (non-hydrogen) atoms. The van der Waals surface area contributed by atoms with Crippen LogP contribution in [0.4, 0.5) is 5.00 Å². The normalized spacial score (nSPS) is 15.2. The maximum atomic E-state index is 12.9. The maximum Gasteiger partial charge on any atom is 0.341 e. The number of carbonyl (C=O) groups excluding carboxylic acids is 3. The van der Waals surface area contributed by atoms with E-state index in [2.05, 4.69) is 27.1 Å². The molecule has 0 saturated carbocycles. The van der Waals surface area contributed by atoms with Crippen molar-refractivity contribution in [2.24, 2.45) is 0 Å². The van der Waals surface area contributed by atoms with Crippen molar-refractivity contribution in [1.29, 1.82) is 0 Å². The first-order valence-electron chi connectivity index (χ1n) is 12.3. The number of hydrogen-bond acceptors (Lipinski definition) is 7. The Balaban J connectivity index is 1.33. The van der Waals surface area contributed by atoms with Crippen molar-refractivity contribution in [2.45, 2.75) is 52.1 Å². The van der Waals surface area contributed by atoms with E-state index in [-0.39, 0.29) is 13.2 Å². The number of nitrogens with one attached hydrogen (secondary N) is 2. The molecule has 190 valence electrons. The van der Waals surface area contributed by atoms with Gasteiger partial charge in [0.05, 0.1) is 12.2 Å². The fourth-order valence-electron chi connectivity index (χ4n) is 4.92. The number of likely N-dealkylation sites (N-methyl/N-ethyl adjacent to an activating group) is 1. The highest BCUT2D eigenvalue weighted by Crippen LogP contribution is 2.39. The van der Waals surface area contributed by atoms with Crippen LogP contribution in [0.2, 0.25) is 0 Å². The number of hydrogen-bond donors (Lipinski definition) is 2. The molecule has 3 aromatic rings. The Labute approximate surface area is 218 Å². The number of nitrogens with zero attached hydrogens (tertiary/aromatic N) is 2. The highest BCUT2D eigenvalue weighted by Gasteiger charge is 2.29. The number of fused-ring (bicyclic) bond motifs is 2. The second-order valence-corrected chi connectivity index (χ2v) is 11.3. The number of carbonyl (C=O) groups is 3. The first-order chi connectivity index (χ1) is 17.5. The van der Waals surface area contributed by atoms with Crippen molar-refractivity contribution >= 4 is 45.5 Å². The van der Waals surface area contributed by atoms with Crippen LogP contribution in [-0.2, 0) is 46.7 Å². The monoisotopic (exact) mass is 526 g/mol. The van der Waals surface area contributed by atoms with E-state index in [1.54, 1.807) is 18.3 Å². The molecule has 8 nitrogen and oxygen atoms in total. The van der Waals surface area contributed by atoms with Crippen LogP contribution >= 0.6 is 22.7 Å². The van der Waals surface area contributed by atoms with Gasteiger partial charge >= 0.3 is 17.8 Å². The molecule has 2 N–H and O–H groups in total. The minimum Gasteiger partial charge on any atom is -0.462 e. The minimum absolute atomic E-state index is 0.252. The van der Waals surface area contributed by atoms with E-state index in [1.165, 1.54) is 21.8 Å². The predicted octanol–water partition coefficient (Wildman–Crippen LogP) is 3.90. The van der Waals surface area contributed by atoms with Crippen LogP contribution in [-0.4, -0.2) is 47.4 Å². The first-order valence-corrected chi connectivity index (χ1v) is 14.0. The number of esters is 1. The molecule has 0 atom stereocenters. The predicted molar refractivity (Wildman–Crippen MR) is 141 cm³/mol. The van der Waals surface area contributed by atoms with Gasteiger partial charge in [0.15, 0.2) is 0 Å². The minimum atomic E-state index is -0.773. The van der Waals surface area contributed by atoms with Crippen LogP contribution in [0.15, 0.2) is 24.5 Å². The summed E-state index contributed by atoms with van der Waals surface area (Å²) < 4.78 is 7.31. The number of anilines is 1. The molecule has 10 heteroatoms. The summed E-state index contributed by atoms with van der Waals surface area (Å²) in [5.74, 6) is -1.94. The van der Waals surface area contributed by atoms with Crippen molar-refractivity contribution in [3.63, 3.8) is 0 Å². The summed E-state index contributed by atoms with van der Waals surface area (Å²) in [5, 5.41) is 7.00. The summed E-state index contributed by atoms with van der Waals surface area (Å²) in [7, 11) is 2.11. The summed E-state index contributed by atoms with van der Waals surface area (Å²) in [6.45, 7) is 4.10. The Morgan fingerprint density at radius 3 is 2.56 bits per heavy atom. The molecular weight excluding hydrogens is 496 g/mol. The SMILES string of the molecule is CCOC(=O)c1c(NC(=O)C(=O)NCc2c(-n3cccc3)sc3c2CCN(C)C3)sc2c1CCCC2. The molecule has 1 aliphatic carbocycles. The first kappa shape index (κ1) is 24.7. The van der Waals surface area contributed by atoms with Gasteiger partial charge in [0.25, 0.3) is 0 Å². The van der Waals surface area contributed by atoms with Gasteiger partial charge in [-0.2, -0.15) is 0 Å². The number of thiophene rings is 2. The van der Waals surface area contributed by atoms with E-state index in [9.17, 15) is 14.4 Å². The summed E-state index contributed by atoms with van der Waals surface area (Å²) in [4.78, 5) is 43.1. The third-order valence-electron chi connectivity index (χ3n) is 6.68. The maximum absolute atomic E-state index is 12.9. The lowest BCUT2D eigenvalue weighted by Crippen LogP contribution is -2.35. The molecule has 2 amide bonds. The molecule has 0 bridgehead atoms. The van der Waals surface area contributed by atoms with Gasteiger partial charge in [-0.25, -0.2) is 4.79 Å². The van der Waals surface area contributed by atoms with E-state index in [0.29, 0.717) is 10.6 Å². The fraction of sp³-hybridized carbons (Fsp3) is 0.423.